The van der Waals surface area contributed by atoms with Crippen molar-refractivity contribution in [2.45, 2.75) is 0 Å². The molecular formula is C17H15BrN2O. The average molecular weight is 343 g/mol. The number of nitrogens with zero attached hydrogens (tertiary/aromatic N) is 2. The third kappa shape index (κ3) is 3.00. The van der Waals surface area contributed by atoms with Crippen molar-refractivity contribution in [3.05, 3.63) is 59.1 Å². The molecule has 4 heteroatoms. The van der Waals surface area contributed by atoms with Crippen molar-refractivity contribution < 1.29 is 4.52 Å². The second-order valence-electron chi connectivity index (χ2n) is 5.02. The zero-order valence-corrected chi connectivity index (χ0v) is 13.5. The van der Waals surface area contributed by atoms with Gasteiger partial charge in [0.05, 0.1) is 0 Å². The maximum atomic E-state index is 5.46. The van der Waals surface area contributed by atoms with Gasteiger partial charge < -0.3 is 9.42 Å². The zero-order valence-electron chi connectivity index (χ0n) is 11.9. The lowest BCUT2D eigenvalue weighted by molar-refractivity contribution is 0.435. The molecule has 0 spiro atoms. The summed E-state index contributed by atoms with van der Waals surface area (Å²) in [6.07, 6.45) is 0. The highest BCUT2D eigenvalue weighted by Crippen LogP contribution is 2.28. The van der Waals surface area contributed by atoms with Crippen LogP contribution < -0.4 is 4.90 Å². The van der Waals surface area contributed by atoms with Gasteiger partial charge in [0.1, 0.15) is 5.69 Å². The fraction of sp³-hybridized carbons (Fsp3) is 0.118. The molecule has 0 radical (unpaired) electrons. The molecule has 0 saturated heterocycles. The number of anilines is 1. The van der Waals surface area contributed by atoms with Crippen LogP contribution in [0.3, 0.4) is 0 Å². The number of benzene rings is 2. The summed E-state index contributed by atoms with van der Waals surface area (Å²) in [6, 6.07) is 18.2. The molecule has 106 valence electrons. The van der Waals surface area contributed by atoms with E-state index in [9.17, 15) is 0 Å². The van der Waals surface area contributed by atoms with E-state index >= 15 is 0 Å². The van der Waals surface area contributed by atoms with E-state index in [4.69, 9.17) is 4.52 Å². The van der Waals surface area contributed by atoms with Crippen LogP contribution >= 0.6 is 15.9 Å². The summed E-state index contributed by atoms with van der Waals surface area (Å²) in [5, 5.41) is 4.15. The second-order valence-corrected chi connectivity index (χ2v) is 5.94. The Morgan fingerprint density at radius 3 is 2.14 bits per heavy atom. The van der Waals surface area contributed by atoms with Crippen molar-refractivity contribution in [1.82, 2.24) is 5.16 Å². The van der Waals surface area contributed by atoms with Crippen LogP contribution in [-0.4, -0.2) is 19.3 Å². The first-order valence-corrected chi connectivity index (χ1v) is 7.43. The number of halogens is 1. The summed E-state index contributed by atoms with van der Waals surface area (Å²) in [5.74, 6) is 0.776. The normalized spacial score (nSPS) is 10.6. The fourth-order valence-electron chi connectivity index (χ4n) is 2.09. The van der Waals surface area contributed by atoms with Crippen molar-refractivity contribution in [2.24, 2.45) is 0 Å². The minimum Gasteiger partial charge on any atom is -0.378 e. The predicted octanol–water partition coefficient (Wildman–Crippen LogP) is 4.84. The van der Waals surface area contributed by atoms with Gasteiger partial charge >= 0.3 is 0 Å². The molecule has 1 heterocycles. The topological polar surface area (TPSA) is 29.3 Å². The van der Waals surface area contributed by atoms with Crippen LogP contribution in [0.4, 0.5) is 5.69 Å². The Morgan fingerprint density at radius 1 is 0.905 bits per heavy atom. The van der Waals surface area contributed by atoms with Gasteiger partial charge in [-0.05, 0) is 36.4 Å². The summed E-state index contributed by atoms with van der Waals surface area (Å²) < 4.78 is 6.51. The van der Waals surface area contributed by atoms with Crippen LogP contribution in [0.5, 0.6) is 0 Å². The SMILES string of the molecule is CN(C)c1ccc(-c2cc(-c3ccc(Br)cc3)no2)cc1. The minimum absolute atomic E-state index is 0.776. The van der Waals surface area contributed by atoms with Gasteiger partial charge in [0.15, 0.2) is 5.76 Å². The van der Waals surface area contributed by atoms with Crippen molar-refractivity contribution >= 4 is 21.6 Å². The highest BCUT2D eigenvalue weighted by Gasteiger charge is 2.08. The second kappa shape index (κ2) is 5.74. The van der Waals surface area contributed by atoms with Crippen LogP contribution in [0, 0.1) is 0 Å². The van der Waals surface area contributed by atoms with E-state index in [2.05, 4.69) is 38.1 Å². The van der Waals surface area contributed by atoms with Gasteiger partial charge in [-0.25, -0.2) is 0 Å². The van der Waals surface area contributed by atoms with Crippen molar-refractivity contribution in [3.63, 3.8) is 0 Å². The maximum Gasteiger partial charge on any atom is 0.167 e. The predicted molar refractivity (Wildman–Crippen MR) is 89.4 cm³/mol. The Labute approximate surface area is 132 Å². The largest absolute Gasteiger partial charge is 0.378 e. The Hall–Kier alpha value is -2.07. The first-order valence-electron chi connectivity index (χ1n) is 6.64. The molecule has 0 aliphatic rings. The Bertz CT molecular complexity index is 730. The first kappa shape index (κ1) is 13.9. The van der Waals surface area contributed by atoms with E-state index in [-0.39, 0.29) is 0 Å². The third-order valence-electron chi connectivity index (χ3n) is 3.32. The van der Waals surface area contributed by atoms with Gasteiger partial charge in [0.2, 0.25) is 0 Å². The van der Waals surface area contributed by atoms with Crippen LogP contribution in [0.25, 0.3) is 22.6 Å². The smallest absolute Gasteiger partial charge is 0.167 e. The van der Waals surface area contributed by atoms with E-state index in [1.807, 2.05) is 56.6 Å². The number of rotatable bonds is 3. The molecule has 3 rings (SSSR count). The zero-order chi connectivity index (χ0) is 14.8. The van der Waals surface area contributed by atoms with Gasteiger partial charge in [0.25, 0.3) is 0 Å². The molecule has 0 bridgehead atoms. The number of aromatic nitrogens is 1. The quantitative estimate of drug-likeness (QED) is 0.682. The van der Waals surface area contributed by atoms with Gasteiger partial charge in [-0.3, -0.25) is 0 Å². The fourth-order valence-corrected chi connectivity index (χ4v) is 2.36. The molecule has 0 saturated carbocycles. The number of hydrogen-bond acceptors (Lipinski definition) is 3. The van der Waals surface area contributed by atoms with Gasteiger partial charge in [-0.1, -0.05) is 33.2 Å². The Balaban J connectivity index is 1.89. The summed E-state index contributed by atoms with van der Waals surface area (Å²) in [6.45, 7) is 0. The van der Waals surface area contributed by atoms with Crippen LogP contribution in [0.15, 0.2) is 63.6 Å². The van der Waals surface area contributed by atoms with Crippen LogP contribution in [0.1, 0.15) is 0 Å². The lowest BCUT2D eigenvalue weighted by Crippen LogP contribution is -2.07. The molecule has 0 fully saturated rings. The first-order chi connectivity index (χ1) is 10.1. The van der Waals surface area contributed by atoms with Crippen molar-refractivity contribution in [1.29, 1.82) is 0 Å². The molecular weight excluding hydrogens is 328 g/mol. The van der Waals surface area contributed by atoms with Crippen molar-refractivity contribution in [3.8, 4) is 22.6 Å². The summed E-state index contributed by atoms with van der Waals surface area (Å²) in [5.41, 5.74) is 4.06. The molecule has 1 aromatic heterocycles. The van der Waals surface area contributed by atoms with E-state index in [1.165, 1.54) is 0 Å². The highest BCUT2D eigenvalue weighted by molar-refractivity contribution is 9.10. The minimum atomic E-state index is 0.776. The van der Waals surface area contributed by atoms with Gasteiger partial charge in [-0.15, -0.1) is 0 Å². The van der Waals surface area contributed by atoms with E-state index in [1.54, 1.807) is 0 Å². The standard InChI is InChI=1S/C17H15BrN2O/c1-20(2)15-9-5-13(6-10-15)17-11-16(19-21-17)12-3-7-14(18)8-4-12/h3-11H,1-2H3. The molecule has 21 heavy (non-hydrogen) atoms. The molecule has 3 nitrogen and oxygen atoms in total. The molecule has 2 aromatic carbocycles. The van der Waals surface area contributed by atoms with Gasteiger partial charge in [0, 0.05) is 41.4 Å². The third-order valence-corrected chi connectivity index (χ3v) is 3.85. The van der Waals surface area contributed by atoms with Crippen LogP contribution in [0.2, 0.25) is 0 Å². The molecule has 0 amide bonds. The molecule has 0 aliphatic carbocycles. The monoisotopic (exact) mass is 342 g/mol. The molecule has 0 aliphatic heterocycles. The van der Waals surface area contributed by atoms with E-state index in [0.29, 0.717) is 0 Å². The molecule has 0 N–H and O–H groups in total. The molecule has 3 aromatic rings. The maximum absolute atomic E-state index is 5.46. The average Bonchev–Trinajstić information content (AvgIpc) is 2.98. The Morgan fingerprint density at radius 2 is 1.52 bits per heavy atom. The van der Waals surface area contributed by atoms with E-state index < -0.39 is 0 Å². The summed E-state index contributed by atoms with van der Waals surface area (Å²) in [4.78, 5) is 2.07. The lowest BCUT2D eigenvalue weighted by atomic mass is 10.1. The molecule has 0 unspecified atom stereocenters. The summed E-state index contributed by atoms with van der Waals surface area (Å²) in [7, 11) is 4.05. The number of hydrogen-bond donors (Lipinski definition) is 0. The molecule has 0 atom stereocenters. The summed E-state index contributed by atoms with van der Waals surface area (Å²) >= 11 is 3.43. The Kier molecular flexibility index (Phi) is 3.80. The van der Waals surface area contributed by atoms with Crippen molar-refractivity contribution in [2.75, 3.05) is 19.0 Å². The van der Waals surface area contributed by atoms with Gasteiger partial charge in [-0.2, -0.15) is 0 Å². The highest BCUT2D eigenvalue weighted by atomic mass is 79.9. The van der Waals surface area contributed by atoms with Crippen LogP contribution in [-0.2, 0) is 0 Å². The van der Waals surface area contributed by atoms with E-state index in [0.717, 1.165) is 32.7 Å². The lowest BCUT2D eigenvalue weighted by Gasteiger charge is -2.11.